The fourth-order valence-corrected chi connectivity index (χ4v) is 4.24. The summed E-state index contributed by atoms with van der Waals surface area (Å²) < 4.78 is 15.7. The predicted molar refractivity (Wildman–Crippen MR) is 99.0 cm³/mol. The van der Waals surface area contributed by atoms with Crippen molar-refractivity contribution in [1.82, 2.24) is 4.90 Å². The molecule has 1 aromatic carbocycles. The Hall–Kier alpha value is -2.80. The van der Waals surface area contributed by atoms with Crippen LogP contribution in [0.15, 0.2) is 47.3 Å². The van der Waals surface area contributed by atoms with E-state index in [4.69, 9.17) is 13.9 Å². The van der Waals surface area contributed by atoms with Gasteiger partial charge in [0.1, 0.15) is 18.1 Å². The lowest BCUT2D eigenvalue weighted by molar-refractivity contribution is -0.0231. The average molecular weight is 385 g/mol. The Morgan fingerprint density at radius 1 is 1.14 bits per heavy atom. The number of hydrogen-bond donors (Lipinski definition) is 1. The first-order valence-electron chi connectivity index (χ1n) is 9.39. The quantitative estimate of drug-likeness (QED) is 0.813. The van der Waals surface area contributed by atoms with Gasteiger partial charge in [0.05, 0.1) is 30.6 Å². The van der Waals surface area contributed by atoms with Crippen molar-refractivity contribution in [1.29, 1.82) is 0 Å². The lowest BCUT2D eigenvalue weighted by atomic mass is 9.78. The molecule has 0 spiro atoms. The number of aliphatic hydroxyl groups excluding tert-OH is 1. The van der Waals surface area contributed by atoms with Crippen LogP contribution < -0.4 is 4.74 Å². The third-order valence-corrected chi connectivity index (χ3v) is 5.68. The van der Waals surface area contributed by atoms with Crippen LogP contribution in [-0.4, -0.2) is 54.3 Å². The zero-order valence-corrected chi connectivity index (χ0v) is 15.6. The second-order valence-electron chi connectivity index (χ2n) is 7.46. The zero-order chi connectivity index (χ0) is 19.7. The van der Waals surface area contributed by atoms with Gasteiger partial charge < -0.3 is 23.9 Å². The van der Waals surface area contributed by atoms with E-state index >= 15 is 0 Å². The van der Waals surface area contributed by atoms with Gasteiger partial charge in [-0.1, -0.05) is 6.07 Å². The molecule has 0 unspecified atom stereocenters. The van der Waals surface area contributed by atoms with E-state index in [-0.39, 0.29) is 23.8 Å². The van der Waals surface area contributed by atoms with Gasteiger partial charge in [-0.15, -0.1) is 0 Å². The number of carbonyl (C=O) groups is 2. The molecule has 1 saturated carbocycles. The number of benzene rings is 1. The summed E-state index contributed by atoms with van der Waals surface area (Å²) in [7, 11) is 1.33. The topological polar surface area (TPSA) is 89.2 Å². The highest BCUT2D eigenvalue weighted by atomic mass is 16.5. The van der Waals surface area contributed by atoms with E-state index in [1.165, 1.54) is 19.6 Å². The van der Waals surface area contributed by atoms with E-state index in [1.807, 2.05) is 4.90 Å². The van der Waals surface area contributed by atoms with E-state index in [1.54, 1.807) is 30.3 Å². The summed E-state index contributed by atoms with van der Waals surface area (Å²) in [6.07, 6.45) is 3.20. The van der Waals surface area contributed by atoms with Crippen LogP contribution in [0.4, 0.5) is 0 Å². The standard InChI is InChI=1S/C21H23NO6/c1-26-21(25)13-3-2-4-17(7-13)28-19-9-16-11-22(10-15(16)8-18(19)23)20(24)14-5-6-27-12-14/h2-7,12,15-16,18-19,23H,8-11H2,1H3/t15-,16+,18+,19+/m0/s1. The number of aliphatic hydroxyl groups is 1. The second kappa shape index (κ2) is 7.67. The molecule has 2 fully saturated rings. The molecule has 7 heteroatoms. The summed E-state index contributed by atoms with van der Waals surface area (Å²) in [4.78, 5) is 26.1. The Labute approximate surface area is 162 Å². The summed E-state index contributed by atoms with van der Waals surface area (Å²) >= 11 is 0. The number of amides is 1. The Kier molecular flexibility index (Phi) is 5.09. The van der Waals surface area contributed by atoms with Gasteiger partial charge in [-0.3, -0.25) is 4.79 Å². The van der Waals surface area contributed by atoms with Gasteiger partial charge >= 0.3 is 5.97 Å². The third kappa shape index (κ3) is 3.62. The van der Waals surface area contributed by atoms with Crippen LogP contribution in [-0.2, 0) is 4.74 Å². The first kappa shape index (κ1) is 18.6. The average Bonchev–Trinajstić information content (AvgIpc) is 3.37. The maximum atomic E-state index is 12.6. The molecule has 7 nitrogen and oxygen atoms in total. The molecule has 148 valence electrons. The van der Waals surface area contributed by atoms with Crippen molar-refractivity contribution < 1.29 is 28.6 Å². The lowest BCUT2D eigenvalue weighted by Gasteiger charge is -2.35. The SMILES string of the molecule is COC(=O)c1cccc(O[C@@H]2C[C@@H]3CN(C(=O)c4ccoc4)C[C@@H]3C[C@H]2O)c1. The normalized spacial score (nSPS) is 26.6. The van der Waals surface area contributed by atoms with Crippen LogP contribution >= 0.6 is 0 Å². The Morgan fingerprint density at radius 2 is 1.93 bits per heavy atom. The van der Waals surface area contributed by atoms with Crippen LogP contribution in [0.5, 0.6) is 5.75 Å². The molecular weight excluding hydrogens is 362 g/mol. The Balaban J connectivity index is 1.42. The van der Waals surface area contributed by atoms with Crippen molar-refractivity contribution >= 4 is 11.9 Å². The number of nitrogens with zero attached hydrogens (tertiary/aromatic N) is 1. The minimum absolute atomic E-state index is 0.0408. The first-order valence-corrected chi connectivity index (χ1v) is 9.39. The van der Waals surface area contributed by atoms with Crippen LogP contribution in [0.1, 0.15) is 33.6 Å². The predicted octanol–water partition coefficient (Wildman–Crippen LogP) is 2.36. The molecule has 1 aliphatic carbocycles. The molecular formula is C21H23NO6. The highest BCUT2D eigenvalue weighted by molar-refractivity contribution is 5.94. The minimum atomic E-state index is -0.619. The van der Waals surface area contributed by atoms with Gasteiger partial charge in [-0.25, -0.2) is 4.79 Å². The molecule has 1 N–H and O–H groups in total. The third-order valence-electron chi connectivity index (χ3n) is 5.68. The Bertz CT molecular complexity index is 848. The number of ether oxygens (including phenoxy) is 2. The van der Waals surface area contributed by atoms with Gasteiger partial charge in [0, 0.05) is 13.1 Å². The van der Waals surface area contributed by atoms with Gasteiger partial charge in [0.25, 0.3) is 5.91 Å². The second-order valence-corrected chi connectivity index (χ2v) is 7.46. The fourth-order valence-electron chi connectivity index (χ4n) is 4.24. The molecule has 1 aromatic heterocycles. The van der Waals surface area contributed by atoms with Crippen molar-refractivity contribution in [2.45, 2.75) is 25.0 Å². The number of methoxy groups -OCH3 is 1. The van der Waals surface area contributed by atoms with E-state index < -0.39 is 12.1 Å². The van der Waals surface area contributed by atoms with Gasteiger partial charge in [-0.2, -0.15) is 0 Å². The molecule has 2 heterocycles. The minimum Gasteiger partial charge on any atom is -0.488 e. The number of hydrogen-bond acceptors (Lipinski definition) is 6. The van der Waals surface area contributed by atoms with Crippen LogP contribution in [0, 0.1) is 11.8 Å². The number of fused-ring (bicyclic) bond motifs is 1. The first-order chi connectivity index (χ1) is 13.5. The molecule has 4 atom stereocenters. The summed E-state index contributed by atoms with van der Waals surface area (Å²) in [6.45, 7) is 1.28. The molecule has 1 saturated heterocycles. The van der Waals surface area contributed by atoms with Crippen LogP contribution in [0.2, 0.25) is 0 Å². The van der Waals surface area contributed by atoms with Gasteiger partial charge in [0.2, 0.25) is 0 Å². The van der Waals surface area contributed by atoms with Crippen LogP contribution in [0.25, 0.3) is 0 Å². The highest BCUT2D eigenvalue weighted by Crippen LogP contribution is 2.38. The number of esters is 1. The monoisotopic (exact) mass is 385 g/mol. The molecule has 2 aliphatic rings. The molecule has 28 heavy (non-hydrogen) atoms. The van der Waals surface area contributed by atoms with Gasteiger partial charge in [-0.05, 0) is 48.9 Å². The Morgan fingerprint density at radius 3 is 2.64 bits per heavy atom. The highest BCUT2D eigenvalue weighted by Gasteiger charge is 2.44. The fraction of sp³-hybridized carbons (Fsp3) is 0.429. The van der Waals surface area contributed by atoms with Crippen molar-refractivity contribution in [2.75, 3.05) is 20.2 Å². The molecule has 0 bridgehead atoms. The summed E-state index contributed by atoms with van der Waals surface area (Å²) in [6, 6.07) is 8.42. The van der Waals surface area contributed by atoms with Crippen molar-refractivity contribution in [2.24, 2.45) is 11.8 Å². The molecule has 1 aliphatic heterocycles. The number of carbonyl (C=O) groups excluding carboxylic acids is 2. The van der Waals surface area contributed by atoms with Crippen molar-refractivity contribution in [3.05, 3.63) is 54.0 Å². The smallest absolute Gasteiger partial charge is 0.337 e. The molecule has 0 radical (unpaired) electrons. The molecule has 4 rings (SSSR count). The lowest BCUT2D eigenvalue weighted by Crippen LogP contribution is -2.42. The molecule has 2 aromatic rings. The van der Waals surface area contributed by atoms with Crippen LogP contribution in [0.3, 0.4) is 0 Å². The van der Waals surface area contributed by atoms with E-state index in [0.717, 1.165) is 0 Å². The van der Waals surface area contributed by atoms with Crippen molar-refractivity contribution in [3.8, 4) is 5.75 Å². The van der Waals surface area contributed by atoms with E-state index in [0.29, 0.717) is 42.8 Å². The number of furan rings is 1. The summed E-state index contributed by atoms with van der Waals surface area (Å²) in [5.74, 6) is 0.578. The van der Waals surface area contributed by atoms with Crippen molar-refractivity contribution in [3.63, 3.8) is 0 Å². The maximum Gasteiger partial charge on any atom is 0.337 e. The number of likely N-dealkylation sites (tertiary alicyclic amines) is 1. The summed E-state index contributed by atoms with van der Waals surface area (Å²) in [5, 5.41) is 10.6. The van der Waals surface area contributed by atoms with Gasteiger partial charge in [0.15, 0.2) is 0 Å². The largest absolute Gasteiger partial charge is 0.488 e. The zero-order valence-electron chi connectivity index (χ0n) is 15.6. The summed E-state index contributed by atoms with van der Waals surface area (Å²) in [5.41, 5.74) is 0.951. The van der Waals surface area contributed by atoms with E-state index in [9.17, 15) is 14.7 Å². The maximum absolute atomic E-state index is 12.6. The molecule has 1 amide bonds. The van der Waals surface area contributed by atoms with E-state index in [2.05, 4.69) is 0 Å². The number of rotatable bonds is 4.